The molecule has 0 aliphatic rings. The summed E-state index contributed by atoms with van der Waals surface area (Å²) in [6.07, 6.45) is 0.0432. The first-order valence-corrected chi connectivity index (χ1v) is 4.28. The van der Waals surface area contributed by atoms with Gasteiger partial charge in [-0.2, -0.15) is 5.48 Å². The van der Waals surface area contributed by atoms with Gasteiger partial charge in [-0.05, 0) is 11.1 Å². The Labute approximate surface area is 82.5 Å². The molecular weight excluding hydrogens is 182 g/mol. The van der Waals surface area contributed by atoms with Gasteiger partial charge < -0.3 is 9.94 Å². The minimum atomic E-state index is -0.824. The Morgan fingerprint density at radius 2 is 2.07 bits per heavy atom. The van der Waals surface area contributed by atoms with Crippen molar-refractivity contribution in [3.05, 3.63) is 35.4 Å². The third-order valence-electron chi connectivity index (χ3n) is 1.87. The molecule has 0 amide bonds. The van der Waals surface area contributed by atoms with Crippen LogP contribution in [-0.4, -0.2) is 18.2 Å². The molecule has 0 bridgehead atoms. The molecule has 0 saturated heterocycles. The first-order chi connectivity index (χ1) is 6.74. The van der Waals surface area contributed by atoms with Crippen molar-refractivity contribution in [2.24, 2.45) is 0 Å². The molecule has 1 rings (SSSR count). The fraction of sp³-hybridized carbons (Fsp3) is 0.300. The molecule has 0 aromatic heterocycles. The number of aliphatic carboxylic acids is 1. The maximum absolute atomic E-state index is 10.5. The van der Waals surface area contributed by atoms with Crippen molar-refractivity contribution in [1.29, 1.82) is 0 Å². The lowest BCUT2D eigenvalue weighted by molar-refractivity contribution is -0.136. The van der Waals surface area contributed by atoms with Crippen LogP contribution in [0.3, 0.4) is 0 Å². The quantitative estimate of drug-likeness (QED) is 0.687. The Kier molecular flexibility index (Phi) is 4.10. The molecule has 14 heavy (non-hydrogen) atoms. The molecule has 76 valence electrons. The highest BCUT2D eigenvalue weighted by Gasteiger charge is 2.05. The van der Waals surface area contributed by atoms with Crippen LogP contribution in [0.5, 0.6) is 0 Å². The van der Waals surface area contributed by atoms with Gasteiger partial charge in [0.1, 0.15) is 0 Å². The Balaban J connectivity index is 2.74. The molecule has 0 radical (unpaired) electrons. The highest BCUT2D eigenvalue weighted by molar-refractivity contribution is 5.70. The number of carbonyl (C=O) groups is 1. The molecule has 0 heterocycles. The largest absolute Gasteiger partial charge is 0.481 e. The van der Waals surface area contributed by atoms with Gasteiger partial charge in [-0.3, -0.25) is 4.79 Å². The fourth-order valence-electron chi connectivity index (χ4n) is 1.22. The van der Waals surface area contributed by atoms with E-state index in [1.807, 2.05) is 18.2 Å². The predicted octanol–water partition coefficient (Wildman–Crippen LogP) is 0.965. The molecular formula is C10H13NO3. The third kappa shape index (κ3) is 3.16. The van der Waals surface area contributed by atoms with Crippen molar-refractivity contribution in [1.82, 2.24) is 5.48 Å². The molecule has 0 saturated carbocycles. The maximum Gasteiger partial charge on any atom is 0.307 e. The summed E-state index contributed by atoms with van der Waals surface area (Å²) in [5.74, 6) is -0.824. The minimum absolute atomic E-state index is 0.0432. The fourth-order valence-corrected chi connectivity index (χ4v) is 1.22. The van der Waals surface area contributed by atoms with Crippen LogP contribution >= 0.6 is 0 Å². The zero-order valence-corrected chi connectivity index (χ0v) is 7.99. The van der Waals surface area contributed by atoms with Gasteiger partial charge in [-0.25, -0.2) is 0 Å². The molecule has 0 fully saturated rings. The second-order valence-electron chi connectivity index (χ2n) is 2.86. The molecule has 4 nitrogen and oxygen atoms in total. The molecule has 0 spiro atoms. The Morgan fingerprint density at radius 3 is 2.64 bits per heavy atom. The first kappa shape index (κ1) is 10.7. The standard InChI is InChI=1S/C10H13NO3/c1-14-11-7-9-5-3-2-4-8(9)6-10(12)13/h2-5,11H,6-7H2,1H3,(H,12,13). The zero-order chi connectivity index (χ0) is 10.4. The minimum Gasteiger partial charge on any atom is -0.481 e. The maximum atomic E-state index is 10.5. The summed E-state index contributed by atoms with van der Waals surface area (Å²) in [6, 6.07) is 7.39. The summed E-state index contributed by atoms with van der Waals surface area (Å²) in [4.78, 5) is 15.3. The van der Waals surface area contributed by atoms with E-state index in [0.29, 0.717) is 6.54 Å². The van der Waals surface area contributed by atoms with Gasteiger partial charge in [0.15, 0.2) is 0 Å². The first-order valence-electron chi connectivity index (χ1n) is 4.28. The molecule has 1 aromatic carbocycles. The van der Waals surface area contributed by atoms with Crippen LogP contribution in [0.25, 0.3) is 0 Å². The summed E-state index contributed by atoms with van der Waals surface area (Å²) < 4.78 is 0. The number of carboxylic acids is 1. The highest BCUT2D eigenvalue weighted by atomic mass is 16.6. The highest BCUT2D eigenvalue weighted by Crippen LogP contribution is 2.09. The number of hydrogen-bond acceptors (Lipinski definition) is 3. The van der Waals surface area contributed by atoms with Gasteiger partial charge in [0.05, 0.1) is 13.5 Å². The second-order valence-corrected chi connectivity index (χ2v) is 2.86. The molecule has 0 atom stereocenters. The van der Waals surface area contributed by atoms with Crippen LogP contribution < -0.4 is 5.48 Å². The van der Waals surface area contributed by atoms with Gasteiger partial charge in [0, 0.05) is 6.54 Å². The number of hydroxylamine groups is 1. The van der Waals surface area contributed by atoms with Crippen LogP contribution in [0.2, 0.25) is 0 Å². The number of carboxylic acid groups (broad SMARTS) is 1. The Morgan fingerprint density at radius 1 is 1.43 bits per heavy atom. The van der Waals surface area contributed by atoms with Crippen LogP contribution in [0.4, 0.5) is 0 Å². The second kappa shape index (κ2) is 5.36. The molecule has 0 aliphatic carbocycles. The zero-order valence-electron chi connectivity index (χ0n) is 7.99. The molecule has 2 N–H and O–H groups in total. The van der Waals surface area contributed by atoms with Crippen molar-refractivity contribution in [3.63, 3.8) is 0 Å². The van der Waals surface area contributed by atoms with E-state index in [9.17, 15) is 4.79 Å². The number of rotatable bonds is 5. The lowest BCUT2D eigenvalue weighted by Gasteiger charge is -2.07. The third-order valence-corrected chi connectivity index (χ3v) is 1.87. The van der Waals surface area contributed by atoms with Gasteiger partial charge in [0.2, 0.25) is 0 Å². The Hall–Kier alpha value is -1.39. The summed E-state index contributed by atoms with van der Waals surface area (Å²) in [5, 5.41) is 8.67. The van der Waals surface area contributed by atoms with Crippen molar-refractivity contribution in [3.8, 4) is 0 Å². The van der Waals surface area contributed by atoms with E-state index in [0.717, 1.165) is 11.1 Å². The monoisotopic (exact) mass is 195 g/mol. The average Bonchev–Trinajstić information content (AvgIpc) is 2.16. The van der Waals surface area contributed by atoms with Crippen LogP contribution in [0, 0.1) is 0 Å². The number of hydrogen-bond donors (Lipinski definition) is 2. The van der Waals surface area contributed by atoms with E-state index in [4.69, 9.17) is 9.94 Å². The van der Waals surface area contributed by atoms with E-state index >= 15 is 0 Å². The van der Waals surface area contributed by atoms with E-state index < -0.39 is 5.97 Å². The van der Waals surface area contributed by atoms with Crippen molar-refractivity contribution in [2.75, 3.05) is 7.11 Å². The normalized spacial score (nSPS) is 10.1. The topological polar surface area (TPSA) is 58.6 Å². The van der Waals surface area contributed by atoms with Crippen molar-refractivity contribution in [2.45, 2.75) is 13.0 Å². The van der Waals surface area contributed by atoms with Crippen LogP contribution in [0.1, 0.15) is 11.1 Å². The lowest BCUT2D eigenvalue weighted by Crippen LogP contribution is -2.13. The predicted molar refractivity (Wildman–Crippen MR) is 51.6 cm³/mol. The SMILES string of the molecule is CONCc1ccccc1CC(=O)O. The molecule has 4 heteroatoms. The van der Waals surface area contributed by atoms with Crippen molar-refractivity contribution < 1.29 is 14.7 Å². The van der Waals surface area contributed by atoms with E-state index in [-0.39, 0.29) is 6.42 Å². The summed E-state index contributed by atoms with van der Waals surface area (Å²) in [7, 11) is 1.53. The van der Waals surface area contributed by atoms with Crippen molar-refractivity contribution >= 4 is 5.97 Å². The summed E-state index contributed by atoms with van der Waals surface area (Å²) in [6.45, 7) is 0.514. The van der Waals surface area contributed by atoms with Gasteiger partial charge in [0.25, 0.3) is 0 Å². The van der Waals surface area contributed by atoms with Gasteiger partial charge >= 0.3 is 5.97 Å². The van der Waals surface area contributed by atoms with Gasteiger partial charge in [-0.1, -0.05) is 24.3 Å². The molecule has 1 aromatic rings. The summed E-state index contributed by atoms with van der Waals surface area (Å²) >= 11 is 0. The van der Waals surface area contributed by atoms with Gasteiger partial charge in [-0.15, -0.1) is 0 Å². The Bertz CT molecular complexity index is 312. The number of benzene rings is 1. The summed E-state index contributed by atoms with van der Waals surface area (Å²) in [5.41, 5.74) is 4.44. The molecule has 0 unspecified atom stereocenters. The average molecular weight is 195 g/mol. The molecule has 0 aliphatic heterocycles. The van der Waals surface area contributed by atoms with E-state index in [2.05, 4.69) is 5.48 Å². The van der Waals surface area contributed by atoms with E-state index in [1.54, 1.807) is 6.07 Å². The van der Waals surface area contributed by atoms with E-state index in [1.165, 1.54) is 7.11 Å². The van der Waals surface area contributed by atoms with Crippen LogP contribution in [-0.2, 0) is 22.6 Å². The lowest BCUT2D eigenvalue weighted by atomic mass is 10.1. The smallest absolute Gasteiger partial charge is 0.307 e. The number of nitrogens with one attached hydrogen (secondary N) is 1. The van der Waals surface area contributed by atoms with Crippen LogP contribution in [0.15, 0.2) is 24.3 Å².